The van der Waals surface area contributed by atoms with Crippen molar-refractivity contribution in [2.24, 2.45) is 0 Å². The summed E-state index contributed by atoms with van der Waals surface area (Å²) < 4.78 is 39.1. The molecular formula is C6H8F3NO4. The van der Waals surface area contributed by atoms with E-state index in [1.165, 1.54) is 5.32 Å². The van der Waals surface area contributed by atoms with Gasteiger partial charge in [0.15, 0.2) is 6.10 Å². The van der Waals surface area contributed by atoms with E-state index in [2.05, 4.69) is 4.74 Å². The average Bonchev–Trinajstić information content (AvgIpc) is 2.02. The van der Waals surface area contributed by atoms with Gasteiger partial charge in [-0.05, 0) is 0 Å². The van der Waals surface area contributed by atoms with Crippen LogP contribution < -0.4 is 5.32 Å². The average molecular weight is 215 g/mol. The van der Waals surface area contributed by atoms with Crippen LogP contribution in [0.1, 0.15) is 0 Å². The van der Waals surface area contributed by atoms with E-state index < -0.39 is 30.7 Å². The lowest BCUT2D eigenvalue weighted by Gasteiger charge is -2.12. The molecule has 14 heavy (non-hydrogen) atoms. The standard InChI is InChI=1S/C6H8F3NO4/c1-14-3(4(11)12)2-10-5(13)6(7,8)9/h3H,2H2,1H3,(H,10,13)(H,11,12)/t3-/m0/s1. The number of carboxylic acid groups (broad SMARTS) is 1. The van der Waals surface area contributed by atoms with Crippen LogP contribution in [0.3, 0.4) is 0 Å². The Balaban J connectivity index is 4.05. The van der Waals surface area contributed by atoms with Gasteiger partial charge in [-0.15, -0.1) is 0 Å². The van der Waals surface area contributed by atoms with Crippen molar-refractivity contribution in [3.63, 3.8) is 0 Å². The molecule has 0 bridgehead atoms. The van der Waals surface area contributed by atoms with Gasteiger partial charge in [0.05, 0.1) is 6.54 Å². The van der Waals surface area contributed by atoms with Gasteiger partial charge in [-0.3, -0.25) is 4.79 Å². The van der Waals surface area contributed by atoms with E-state index in [0.717, 1.165) is 7.11 Å². The van der Waals surface area contributed by atoms with E-state index in [-0.39, 0.29) is 0 Å². The summed E-state index contributed by atoms with van der Waals surface area (Å²) in [5, 5.41) is 9.72. The van der Waals surface area contributed by atoms with Crippen LogP contribution in [0.25, 0.3) is 0 Å². The lowest BCUT2D eigenvalue weighted by Crippen LogP contribution is -2.43. The van der Waals surface area contributed by atoms with Crippen LogP contribution in [0.2, 0.25) is 0 Å². The number of alkyl halides is 3. The summed E-state index contributed by atoms with van der Waals surface area (Å²) in [6.07, 6.45) is -6.50. The van der Waals surface area contributed by atoms with Crippen molar-refractivity contribution in [1.29, 1.82) is 0 Å². The molecule has 0 radical (unpaired) electrons. The Kier molecular flexibility index (Phi) is 4.35. The molecule has 0 heterocycles. The lowest BCUT2D eigenvalue weighted by atomic mass is 10.3. The van der Waals surface area contributed by atoms with Gasteiger partial charge in [-0.2, -0.15) is 13.2 Å². The van der Waals surface area contributed by atoms with Crippen molar-refractivity contribution in [2.75, 3.05) is 13.7 Å². The predicted octanol–water partition coefficient (Wildman–Crippen LogP) is -0.236. The quantitative estimate of drug-likeness (QED) is 0.678. The summed E-state index contributed by atoms with van der Waals surface area (Å²) in [5.74, 6) is -3.64. The molecule has 0 aromatic heterocycles. The number of carbonyl (C=O) groups excluding carboxylic acids is 1. The highest BCUT2D eigenvalue weighted by Gasteiger charge is 2.38. The number of hydrogen-bond acceptors (Lipinski definition) is 3. The number of carboxylic acids is 1. The first-order valence-corrected chi connectivity index (χ1v) is 3.39. The van der Waals surface area contributed by atoms with Crippen molar-refractivity contribution in [2.45, 2.75) is 12.3 Å². The number of methoxy groups -OCH3 is 1. The molecule has 82 valence electrons. The summed E-state index contributed by atoms with van der Waals surface area (Å²) in [4.78, 5) is 20.5. The molecule has 0 aliphatic carbocycles. The Bertz CT molecular complexity index is 228. The second-order valence-corrected chi connectivity index (χ2v) is 2.27. The Morgan fingerprint density at radius 3 is 2.29 bits per heavy atom. The fraction of sp³-hybridized carbons (Fsp3) is 0.667. The zero-order valence-electron chi connectivity index (χ0n) is 7.09. The molecule has 5 nitrogen and oxygen atoms in total. The molecule has 0 fully saturated rings. The highest BCUT2D eigenvalue weighted by molar-refractivity contribution is 5.82. The van der Waals surface area contributed by atoms with Crippen LogP contribution >= 0.6 is 0 Å². The Morgan fingerprint density at radius 2 is 2.00 bits per heavy atom. The molecule has 0 spiro atoms. The summed E-state index contributed by atoms with van der Waals surface area (Å²) >= 11 is 0. The van der Waals surface area contributed by atoms with E-state index in [9.17, 15) is 22.8 Å². The van der Waals surface area contributed by atoms with Gasteiger partial charge >= 0.3 is 18.1 Å². The molecule has 1 atom stereocenters. The largest absolute Gasteiger partial charge is 0.479 e. The first-order valence-electron chi connectivity index (χ1n) is 3.39. The minimum Gasteiger partial charge on any atom is -0.479 e. The lowest BCUT2D eigenvalue weighted by molar-refractivity contribution is -0.174. The fourth-order valence-electron chi connectivity index (χ4n) is 0.557. The minimum atomic E-state index is -5.02. The van der Waals surface area contributed by atoms with E-state index in [1.54, 1.807) is 0 Å². The number of rotatable bonds is 4. The number of hydrogen-bond donors (Lipinski definition) is 2. The van der Waals surface area contributed by atoms with Crippen molar-refractivity contribution in [3.8, 4) is 0 Å². The molecule has 1 amide bonds. The number of halogens is 3. The number of ether oxygens (including phenoxy) is 1. The predicted molar refractivity (Wildman–Crippen MR) is 37.5 cm³/mol. The summed E-state index contributed by atoms with van der Waals surface area (Å²) in [5.41, 5.74) is 0. The number of carbonyl (C=O) groups is 2. The second kappa shape index (κ2) is 4.80. The molecule has 0 aliphatic rings. The molecule has 0 unspecified atom stereocenters. The Hall–Kier alpha value is -1.31. The zero-order chi connectivity index (χ0) is 11.4. The first-order chi connectivity index (χ1) is 6.29. The van der Waals surface area contributed by atoms with E-state index in [4.69, 9.17) is 5.11 Å². The molecular weight excluding hydrogens is 207 g/mol. The van der Waals surface area contributed by atoms with Crippen molar-refractivity contribution in [3.05, 3.63) is 0 Å². The number of nitrogens with one attached hydrogen (secondary N) is 1. The molecule has 0 aliphatic heterocycles. The van der Waals surface area contributed by atoms with Gasteiger partial charge in [0, 0.05) is 7.11 Å². The van der Waals surface area contributed by atoms with E-state index in [1.807, 2.05) is 0 Å². The Labute approximate surface area is 76.8 Å². The fourth-order valence-corrected chi connectivity index (χ4v) is 0.557. The first kappa shape index (κ1) is 12.7. The summed E-state index contributed by atoms with van der Waals surface area (Å²) in [7, 11) is 1.01. The molecule has 8 heteroatoms. The summed E-state index contributed by atoms with van der Waals surface area (Å²) in [6, 6.07) is 0. The van der Waals surface area contributed by atoms with Gasteiger partial charge < -0.3 is 15.2 Å². The molecule has 0 rings (SSSR count). The van der Waals surface area contributed by atoms with Crippen LogP contribution in [-0.4, -0.2) is 42.9 Å². The van der Waals surface area contributed by atoms with Crippen LogP contribution in [0.5, 0.6) is 0 Å². The van der Waals surface area contributed by atoms with Gasteiger partial charge in [-0.25, -0.2) is 4.79 Å². The van der Waals surface area contributed by atoms with Crippen LogP contribution in [-0.2, 0) is 14.3 Å². The van der Waals surface area contributed by atoms with Gasteiger partial charge in [0.2, 0.25) is 0 Å². The maximum absolute atomic E-state index is 11.6. The topological polar surface area (TPSA) is 75.6 Å². The monoisotopic (exact) mass is 215 g/mol. The van der Waals surface area contributed by atoms with E-state index in [0.29, 0.717) is 0 Å². The molecule has 0 aromatic rings. The molecule has 0 saturated carbocycles. The highest BCUT2D eigenvalue weighted by atomic mass is 19.4. The smallest absolute Gasteiger partial charge is 0.471 e. The maximum atomic E-state index is 11.6. The minimum absolute atomic E-state index is 0.732. The summed E-state index contributed by atoms with van der Waals surface area (Å²) in [6.45, 7) is -0.732. The van der Waals surface area contributed by atoms with Crippen LogP contribution in [0, 0.1) is 0 Å². The van der Waals surface area contributed by atoms with Crippen molar-refractivity contribution >= 4 is 11.9 Å². The molecule has 2 N–H and O–H groups in total. The number of amides is 1. The third-order valence-electron chi connectivity index (χ3n) is 1.27. The van der Waals surface area contributed by atoms with Crippen LogP contribution in [0.15, 0.2) is 0 Å². The third kappa shape index (κ3) is 4.08. The highest BCUT2D eigenvalue weighted by Crippen LogP contribution is 2.13. The van der Waals surface area contributed by atoms with Gasteiger partial charge in [-0.1, -0.05) is 0 Å². The zero-order valence-corrected chi connectivity index (χ0v) is 7.09. The van der Waals surface area contributed by atoms with Gasteiger partial charge in [0.1, 0.15) is 0 Å². The van der Waals surface area contributed by atoms with Crippen molar-refractivity contribution in [1.82, 2.24) is 5.32 Å². The SMILES string of the molecule is CO[C@@H](CNC(=O)C(F)(F)F)C(=O)O. The normalized spacial score (nSPS) is 13.4. The maximum Gasteiger partial charge on any atom is 0.471 e. The van der Waals surface area contributed by atoms with E-state index >= 15 is 0 Å². The Morgan fingerprint density at radius 1 is 1.50 bits per heavy atom. The molecule has 0 saturated heterocycles. The second-order valence-electron chi connectivity index (χ2n) is 2.27. The van der Waals surface area contributed by atoms with Gasteiger partial charge in [0.25, 0.3) is 0 Å². The number of aliphatic carboxylic acids is 1. The molecule has 0 aromatic carbocycles. The van der Waals surface area contributed by atoms with Crippen molar-refractivity contribution < 1.29 is 32.6 Å². The third-order valence-corrected chi connectivity index (χ3v) is 1.27. The van der Waals surface area contributed by atoms with Crippen LogP contribution in [0.4, 0.5) is 13.2 Å².